The van der Waals surface area contributed by atoms with Crippen LogP contribution < -0.4 is 5.32 Å². The number of piperidine rings is 1. The van der Waals surface area contributed by atoms with Gasteiger partial charge in [0.2, 0.25) is 6.41 Å². The second-order valence-corrected chi connectivity index (χ2v) is 3.85. The van der Waals surface area contributed by atoms with E-state index in [1.54, 1.807) is 0 Å². The number of rotatable bonds is 3. The van der Waals surface area contributed by atoms with Crippen LogP contribution in [0.3, 0.4) is 0 Å². The van der Waals surface area contributed by atoms with E-state index in [1.165, 1.54) is 25.8 Å². The van der Waals surface area contributed by atoms with Crippen LogP contribution in [0.25, 0.3) is 0 Å². The van der Waals surface area contributed by atoms with E-state index in [0.717, 1.165) is 25.4 Å². The van der Waals surface area contributed by atoms with Gasteiger partial charge in [0.25, 0.3) is 0 Å². The van der Waals surface area contributed by atoms with Crippen LogP contribution in [0.4, 0.5) is 0 Å². The zero-order chi connectivity index (χ0) is 8.39. The van der Waals surface area contributed by atoms with E-state index in [0.29, 0.717) is 6.04 Å². The van der Waals surface area contributed by atoms with Crippen molar-refractivity contribution >= 4 is 6.41 Å². The predicted molar refractivity (Wildman–Crippen MR) is 46.8 cm³/mol. The fourth-order valence-corrected chi connectivity index (χ4v) is 2.01. The molecule has 0 aromatic heterocycles. The molecule has 2 aliphatic rings. The van der Waals surface area contributed by atoms with Crippen LogP contribution in [-0.2, 0) is 4.79 Å². The Hall–Kier alpha value is -0.570. The van der Waals surface area contributed by atoms with Crippen LogP contribution in [0.2, 0.25) is 0 Å². The number of carbonyl (C=O) groups is 1. The summed E-state index contributed by atoms with van der Waals surface area (Å²) in [6.07, 6.45) is 5.96. The highest BCUT2D eigenvalue weighted by molar-refractivity contribution is 5.46. The molecule has 0 radical (unpaired) electrons. The molecule has 0 aromatic rings. The number of likely N-dealkylation sites (tertiary alicyclic amines) is 1. The van der Waals surface area contributed by atoms with E-state index in [-0.39, 0.29) is 0 Å². The summed E-state index contributed by atoms with van der Waals surface area (Å²) in [4.78, 5) is 12.8. The van der Waals surface area contributed by atoms with Gasteiger partial charge in [0.15, 0.2) is 0 Å². The van der Waals surface area contributed by atoms with Gasteiger partial charge in [-0.3, -0.25) is 9.69 Å². The zero-order valence-electron chi connectivity index (χ0n) is 7.33. The van der Waals surface area contributed by atoms with Crippen LogP contribution in [0.5, 0.6) is 0 Å². The van der Waals surface area contributed by atoms with Crippen LogP contribution >= 0.6 is 0 Å². The second kappa shape index (κ2) is 3.44. The van der Waals surface area contributed by atoms with Crippen molar-refractivity contribution < 1.29 is 4.79 Å². The van der Waals surface area contributed by atoms with Gasteiger partial charge in [0.05, 0.1) is 0 Å². The highest BCUT2D eigenvalue weighted by Gasteiger charge is 2.32. The molecule has 2 rings (SSSR count). The van der Waals surface area contributed by atoms with Gasteiger partial charge in [-0.15, -0.1) is 0 Å². The van der Waals surface area contributed by atoms with Crippen molar-refractivity contribution in [2.75, 3.05) is 13.1 Å². The van der Waals surface area contributed by atoms with E-state index < -0.39 is 0 Å². The Bertz CT molecular complexity index is 168. The lowest BCUT2D eigenvalue weighted by Gasteiger charge is -2.32. The van der Waals surface area contributed by atoms with Crippen molar-refractivity contribution in [2.24, 2.45) is 0 Å². The Morgan fingerprint density at radius 1 is 1.33 bits per heavy atom. The SMILES string of the molecule is O=CNC1CCCN(C2CC2)C1. The van der Waals surface area contributed by atoms with Gasteiger partial charge < -0.3 is 5.32 Å². The number of hydrogen-bond acceptors (Lipinski definition) is 2. The largest absolute Gasteiger partial charge is 0.355 e. The molecule has 1 atom stereocenters. The van der Waals surface area contributed by atoms with Gasteiger partial charge in [-0.05, 0) is 32.2 Å². The molecule has 1 N–H and O–H groups in total. The Kier molecular flexibility index (Phi) is 2.30. The summed E-state index contributed by atoms with van der Waals surface area (Å²) in [5.41, 5.74) is 0. The molecule has 1 amide bonds. The summed E-state index contributed by atoms with van der Waals surface area (Å²) < 4.78 is 0. The quantitative estimate of drug-likeness (QED) is 0.617. The first-order valence-electron chi connectivity index (χ1n) is 4.84. The zero-order valence-corrected chi connectivity index (χ0v) is 7.33. The fourth-order valence-electron chi connectivity index (χ4n) is 2.01. The monoisotopic (exact) mass is 168 g/mol. The minimum Gasteiger partial charge on any atom is -0.355 e. The summed E-state index contributed by atoms with van der Waals surface area (Å²) in [6.45, 7) is 2.31. The van der Waals surface area contributed by atoms with E-state index in [9.17, 15) is 4.79 Å². The maximum absolute atomic E-state index is 10.2. The maximum atomic E-state index is 10.2. The highest BCUT2D eigenvalue weighted by Crippen LogP contribution is 2.29. The fraction of sp³-hybridized carbons (Fsp3) is 0.889. The van der Waals surface area contributed by atoms with Gasteiger partial charge >= 0.3 is 0 Å². The van der Waals surface area contributed by atoms with Crippen LogP contribution in [0, 0.1) is 0 Å². The topological polar surface area (TPSA) is 32.3 Å². The molecule has 0 aromatic carbocycles. The molecule has 1 heterocycles. The molecule has 3 nitrogen and oxygen atoms in total. The molecule has 1 aliphatic carbocycles. The van der Waals surface area contributed by atoms with Gasteiger partial charge in [-0.25, -0.2) is 0 Å². The first-order valence-corrected chi connectivity index (χ1v) is 4.84. The summed E-state index contributed by atoms with van der Waals surface area (Å²) in [5, 5.41) is 2.87. The molecule has 12 heavy (non-hydrogen) atoms. The Morgan fingerprint density at radius 3 is 2.83 bits per heavy atom. The Labute approximate surface area is 73.1 Å². The van der Waals surface area contributed by atoms with Gasteiger partial charge in [-0.2, -0.15) is 0 Å². The lowest BCUT2D eigenvalue weighted by Crippen LogP contribution is -2.46. The van der Waals surface area contributed by atoms with Gasteiger partial charge in [0.1, 0.15) is 0 Å². The molecule has 0 spiro atoms. The Balaban J connectivity index is 1.80. The van der Waals surface area contributed by atoms with Crippen molar-refractivity contribution in [1.82, 2.24) is 10.2 Å². The van der Waals surface area contributed by atoms with Crippen LogP contribution in [0.1, 0.15) is 25.7 Å². The van der Waals surface area contributed by atoms with Crippen molar-refractivity contribution in [3.05, 3.63) is 0 Å². The third-order valence-electron chi connectivity index (χ3n) is 2.82. The molecule has 3 heteroatoms. The number of carbonyl (C=O) groups excluding carboxylic acids is 1. The summed E-state index contributed by atoms with van der Waals surface area (Å²) in [5.74, 6) is 0. The number of nitrogens with zero attached hydrogens (tertiary/aromatic N) is 1. The van der Waals surface area contributed by atoms with Crippen molar-refractivity contribution in [2.45, 2.75) is 37.8 Å². The van der Waals surface area contributed by atoms with Crippen molar-refractivity contribution in [1.29, 1.82) is 0 Å². The van der Waals surface area contributed by atoms with Crippen molar-refractivity contribution in [3.8, 4) is 0 Å². The van der Waals surface area contributed by atoms with E-state index in [4.69, 9.17) is 0 Å². The minimum atomic E-state index is 0.414. The second-order valence-electron chi connectivity index (χ2n) is 3.85. The molecule has 1 unspecified atom stereocenters. The highest BCUT2D eigenvalue weighted by atomic mass is 16.1. The summed E-state index contributed by atoms with van der Waals surface area (Å²) in [6, 6.07) is 1.26. The number of hydrogen-bond donors (Lipinski definition) is 1. The predicted octanol–water partition coefficient (Wildman–Crippen LogP) is 0.359. The van der Waals surface area contributed by atoms with Crippen LogP contribution in [0.15, 0.2) is 0 Å². The first-order chi connectivity index (χ1) is 5.90. The summed E-state index contributed by atoms with van der Waals surface area (Å²) in [7, 11) is 0. The van der Waals surface area contributed by atoms with E-state index >= 15 is 0 Å². The summed E-state index contributed by atoms with van der Waals surface area (Å²) >= 11 is 0. The molecule has 0 bridgehead atoms. The average molecular weight is 168 g/mol. The third kappa shape index (κ3) is 1.78. The van der Waals surface area contributed by atoms with E-state index in [1.807, 2.05) is 0 Å². The van der Waals surface area contributed by atoms with Crippen molar-refractivity contribution in [3.63, 3.8) is 0 Å². The van der Waals surface area contributed by atoms with E-state index in [2.05, 4.69) is 10.2 Å². The first kappa shape index (κ1) is 8.05. The smallest absolute Gasteiger partial charge is 0.207 e. The maximum Gasteiger partial charge on any atom is 0.207 e. The lowest BCUT2D eigenvalue weighted by atomic mass is 10.1. The normalized spacial score (nSPS) is 31.5. The number of amides is 1. The average Bonchev–Trinajstić information content (AvgIpc) is 2.88. The standard InChI is InChI=1S/C9H16N2O/c12-7-10-8-2-1-5-11(6-8)9-3-4-9/h7-9H,1-6H2,(H,10,12). The molecule has 2 fully saturated rings. The molecule has 1 aliphatic heterocycles. The molecular weight excluding hydrogens is 152 g/mol. The third-order valence-corrected chi connectivity index (χ3v) is 2.82. The van der Waals surface area contributed by atoms with Crippen LogP contribution in [-0.4, -0.2) is 36.5 Å². The Morgan fingerprint density at radius 2 is 2.17 bits per heavy atom. The number of nitrogens with one attached hydrogen (secondary N) is 1. The minimum absolute atomic E-state index is 0.414. The van der Waals surface area contributed by atoms with Gasteiger partial charge in [0, 0.05) is 18.6 Å². The molecule has 68 valence electrons. The lowest BCUT2D eigenvalue weighted by molar-refractivity contribution is -0.110. The molecular formula is C9H16N2O. The molecule has 1 saturated heterocycles. The molecule has 1 saturated carbocycles. The van der Waals surface area contributed by atoms with Gasteiger partial charge in [-0.1, -0.05) is 0 Å².